The Bertz CT molecular complexity index is 619. The Kier molecular flexibility index (Phi) is 6.07. The van der Waals surface area contributed by atoms with Gasteiger partial charge in [0, 0.05) is 18.5 Å². The Labute approximate surface area is 132 Å². The Morgan fingerprint density at radius 2 is 1.95 bits per heavy atom. The summed E-state index contributed by atoms with van der Waals surface area (Å²) in [5, 5.41) is 8.94. The van der Waals surface area contributed by atoms with E-state index in [0.717, 1.165) is 23.5 Å². The van der Waals surface area contributed by atoms with Crippen molar-refractivity contribution in [2.45, 2.75) is 26.3 Å². The summed E-state index contributed by atoms with van der Waals surface area (Å²) in [5.74, 6) is 1.74. The molecule has 22 heavy (non-hydrogen) atoms. The van der Waals surface area contributed by atoms with Crippen molar-refractivity contribution < 1.29 is 4.74 Å². The predicted octanol–water partition coefficient (Wildman–Crippen LogP) is 3.18. The maximum absolute atomic E-state index is 5.90. The van der Waals surface area contributed by atoms with Crippen LogP contribution in [-0.2, 0) is 0 Å². The first kappa shape index (κ1) is 16.1. The van der Waals surface area contributed by atoms with Gasteiger partial charge >= 0.3 is 0 Å². The highest BCUT2D eigenvalue weighted by Gasteiger charge is 2.03. The fourth-order valence-corrected chi connectivity index (χ4v) is 2.18. The number of benzene rings is 2. The number of nitrogens with zero attached hydrogens (tertiary/aromatic N) is 1. The van der Waals surface area contributed by atoms with Crippen molar-refractivity contribution in [2.24, 2.45) is 4.99 Å². The third kappa shape index (κ3) is 4.38. The molecule has 0 aliphatic rings. The molecule has 0 aliphatic heterocycles. The van der Waals surface area contributed by atoms with E-state index in [2.05, 4.69) is 47.7 Å². The van der Waals surface area contributed by atoms with Gasteiger partial charge in [0.05, 0.1) is 6.54 Å². The quantitative estimate of drug-likeness (QED) is 0.489. The second kappa shape index (κ2) is 8.27. The van der Waals surface area contributed by atoms with Crippen molar-refractivity contribution in [3.63, 3.8) is 0 Å². The largest absolute Gasteiger partial charge is 0.491 e. The molecule has 0 aromatic heterocycles. The van der Waals surface area contributed by atoms with Crippen LogP contribution in [-0.4, -0.2) is 32.2 Å². The summed E-state index contributed by atoms with van der Waals surface area (Å²) < 4.78 is 5.90. The number of hydrogen-bond acceptors (Lipinski definition) is 2. The molecule has 2 N–H and O–H groups in total. The van der Waals surface area contributed by atoms with Crippen molar-refractivity contribution in [1.29, 1.82) is 0 Å². The highest BCUT2D eigenvalue weighted by atomic mass is 16.5. The number of ether oxygens (including phenoxy) is 1. The minimum Gasteiger partial charge on any atom is -0.491 e. The van der Waals surface area contributed by atoms with E-state index in [4.69, 9.17) is 4.74 Å². The van der Waals surface area contributed by atoms with Crippen LogP contribution in [0.3, 0.4) is 0 Å². The second-order valence-electron chi connectivity index (χ2n) is 5.28. The molecule has 2 rings (SSSR count). The van der Waals surface area contributed by atoms with Crippen LogP contribution in [0.15, 0.2) is 47.5 Å². The van der Waals surface area contributed by atoms with Gasteiger partial charge < -0.3 is 15.4 Å². The first-order valence-electron chi connectivity index (χ1n) is 7.82. The average Bonchev–Trinajstić information content (AvgIpc) is 2.57. The Hall–Kier alpha value is -2.23. The summed E-state index contributed by atoms with van der Waals surface area (Å²) in [5.41, 5.74) is 0. The van der Waals surface area contributed by atoms with Gasteiger partial charge in [-0.15, -0.1) is 0 Å². The normalized spacial score (nSPS) is 13.0. The predicted molar refractivity (Wildman–Crippen MR) is 93.7 cm³/mol. The van der Waals surface area contributed by atoms with Crippen LogP contribution in [0, 0.1) is 0 Å². The third-order valence-corrected chi connectivity index (χ3v) is 3.62. The van der Waals surface area contributed by atoms with E-state index in [-0.39, 0.29) is 0 Å². The lowest BCUT2D eigenvalue weighted by Crippen LogP contribution is -2.43. The van der Waals surface area contributed by atoms with Crippen molar-refractivity contribution in [2.75, 3.05) is 20.2 Å². The summed E-state index contributed by atoms with van der Waals surface area (Å²) in [4.78, 5) is 4.21. The second-order valence-corrected chi connectivity index (χ2v) is 5.28. The highest BCUT2D eigenvalue weighted by Crippen LogP contribution is 2.24. The molecule has 0 saturated carbocycles. The van der Waals surface area contributed by atoms with Gasteiger partial charge in [-0.05, 0) is 24.8 Å². The standard InChI is InChI=1S/C18H25N3O/c1-4-14(2)21-18(19-3)20-12-13-22-17-11-7-9-15-8-5-6-10-16(15)17/h5-11,14H,4,12-13H2,1-3H3,(H2,19,20,21). The molecule has 4 heteroatoms. The van der Waals surface area contributed by atoms with Crippen molar-refractivity contribution in [3.8, 4) is 5.75 Å². The van der Waals surface area contributed by atoms with Crippen LogP contribution in [0.2, 0.25) is 0 Å². The number of guanidine groups is 1. The SMILES string of the molecule is CCC(C)NC(=NC)NCCOc1cccc2ccccc12. The third-order valence-electron chi connectivity index (χ3n) is 3.62. The van der Waals surface area contributed by atoms with Crippen LogP contribution in [0.1, 0.15) is 20.3 Å². The zero-order chi connectivity index (χ0) is 15.8. The number of hydrogen-bond donors (Lipinski definition) is 2. The van der Waals surface area contributed by atoms with Crippen LogP contribution < -0.4 is 15.4 Å². The van der Waals surface area contributed by atoms with Gasteiger partial charge in [-0.3, -0.25) is 4.99 Å². The van der Waals surface area contributed by atoms with Gasteiger partial charge in [-0.2, -0.15) is 0 Å². The maximum Gasteiger partial charge on any atom is 0.191 e. The molecule has 4 nitrogen and oxygen atoms in total. The van der Waals surface area contributed by atoms with Gasteiger partial charge in [0.1, 0.15) is 12.4 Å². The van der Waals surface area contributed by atoms with E-state index >= 15 is 0 Å². The summed E-state index contributed by atoms with van der Waals surface area (Å²) in [6, 6.07) is 14.8. The molecule has 0 saturated heterocycles. The van der Waals surface area contributed by atoms with Gasteiger partial charge in [0.15, 0.2) is 5.96 Å². The fourth-order valence-electron chi connectivity index (χ4n) is 2.18. The van der Waals surface area contributed by atoms with Crippen molar-refractivity contribution >= 4 is 16.7 Å². The zero-order valence-electron chi connectivity index (χ0n) is 13.6. The zero-order valence-corrected chi connectivity index (χ0v) is 13.6. The van der Waals surface area contributed by atoms with Crippen molar-refractivity contribution in [3.05, 3.63) is 42.5 Å². The summed E-state index contributed by atoms with van der Waals surface area (Å²) in [6.07, 6.45) is 1.06. The van der Waals surface area contributed by atoms with Crippen LogP contribution in [0.25, 0.3) is 10.8 Å². The summed E-state index contributed by atoms with van der Waals surface area (Å²) in [7, 11) is 1.78. The average molecular weight is 299 g/mol. The number of aliphatic imine (C=N–C) groups is 1. The molecule has 118 valence electrons. The summed E-state index contributed by atoms with van der Waals surface area (Å²) in [6.45, 7) is 5.59. The first-order chi connectivity index (χ1) is 10.7. The molecule has 2 aromatic rings. The Morgan fingerprint density at radius 3 is 2.73 bits per heavy atom. The first-order valence-corrected chi connectivity index (χ1v) is 7.82. The van der Waals surface area contributed by atoms with E-state index in [9.17, 15) is 0 Å². The minimum atomic E-state index is 0.408. The van der Waals surface area contributed by atoms with E-state index < -0.39 is 0 Å². The number of rotatable bonds is 6. The van der Waals surface area contributed by atoms with Crippen LogP contribution in [0.4, 0.5) is 0 Å². The molecule has 0 bridgehead atoms. The van der Waals surface area contributed by atoms with Gasteiger partial charge in [-0.1, -0.05) is 43.3 Å². The molecule has 0 spiro atoms. The van der Waals surface area contributed by atoms with E-state index in [0.29, 0.717) is 19.2 Å². The summed E-state index contributed by atoms with van der Waals surface area (Å²) >= 11 is 0. The Balaban J connectivity index is 1.85. The fraction of sp³-hybridized carbons (Fsp3) is 0.389. The monoisotopic (exact) mass is 299 g/mol. The lowest BCUT2D eigenvalue weighted by atomic mass is 10.1. The molecule has 0 heterocycles. The van der Waals surface area contributed by atoms with Crippen LogP contribution >= 0.6 is 0 Å². The van der Waals surface area contributed by atoms with E-state index in [1.165, 1.54) is 5.39 Å². The molecule has 0 amide bonds. The minimum absolute atomic E-state index is 0.408. The molecule has 0 radical (unpaired) electrons. The number of nitrogens with one attached hydrogen (secondary N) is 2. The van der Waals surface area contributed by atoms with Gasteiger partial charge in [0.2, 0.25) is 0 Å². The molecular weight excluding hydrogens is 274 g/mol. The lowest BCUT2D eigenvalue weighted by molar-refractivity contribution is 0.325. The van der Waals surface area contributed by atoms with E-state index in [1.807, 2.05) is 24.3 Å². The smallest absolute Gasteiger partial charge is 0.191 e. The topological polar surface area (TPSA) is 45.7 Å². The lowest BCUT2D eigenvalue weighted by Gasteiger charge is -2.16. The van der Waals surface area contributed by atoms with Crippen molar-refractivity contribution in [1.82, 2.24) is 10.6 Å². The van der Waals surface area contributed by atoms with E-state index in [1.54, 1.807) is 7.05 Å². The van der Waals surface area contributed by atoms with Gasteiger partial charge in [-0.25, -0.2) is 0 Å². The molecular formula is C18H25N3O. The molecule has 0 aliphatic carbocycles. The molecule has 1 unspecified atom stereocenters. The van der Waals surface area contributed by atoms with Crippen LogP contribution in [0.5, 0.6) is 5.75 Å². The molecule has 2 aromatic carbocycles. The Morgan fingerprint density at radius 1 is 1.18 bits per heavy atom. The maximum atomic E-state index is 5.90. The molecule has 1 atom stereocenters. The number of fused-ring (bicyclic) bond motifs is 1. The van der Waals surface area contributed by atoms with Gasteiger partial charge in [0.25, 0.3) is 0 Å². The highest BCUT2D eigenvalue weighted by molar-refractivity contribution is 5.88. The molecule has 0 fully saturated rings.